The van der Waals surface area contributed by atoms with Gasteiger partial charge in [-0.25, -0.2) is 4.98 Å². The van der Waals surface area contributed by atoms with Gasteiger partial charge < -0.3 is 4.74 Å². The molecule has 0 saturated heterocycles. The zero-order valence-corrected chi connectivity index (χ0v) is 13.0. The first-order chi connectivity index (χ1) is 10.2. The van der Waals surface area contributed by atoms with Gasteiger partial charge in [-0.3, -0.25) is 0 Å². The molecule has 0 aliphatic rings. The summed E-state index contributed by atoms with van der Waals surface area (Å²) in [5.74, 6) is 0.810. The van der Waals surface area contributed by atoms with E-state index in [0.717, 1.165) is 15.2 Å². The molecule has 5 heteroatoms. The number of rotatable bonds is 2. The van der Waals surface area contributed by atoms with E-state index >= 15 is 0 Å². The molecule has 0 spiro atoms. The zero-order chi connectivity index (χ0) is 14.8. The summed E-state index contributed by atoms with van der Waals surface area (Å²) in [5, 5.41) is 11.3. The minimum atomic E-state index is 0.208. The van der Waals surface area contributed by atoms with Crippen LogP contribution in [0.2, 0.25) is 5.02 Å². The first-order valence-corrected chi connectivity index (χ1v) is 7.27. The summed E-state index contributed by atoms with van der Waals surface area (Å²) in [7, 11) is 0. The molecule has 3 nitrogen and oxygen atoms in total. The molecule has 0 bridgehead atoms. The lowest BCUT2D eigenvalue weighted by Gasteiger charge is -2.10. The third kappa shape index (κ3) is 2.58. The molecule has 102 valence electrons. The van der Waals surface area contributed by atoms with Crippen LogP contribution in [-0.2, 0) is 0 Å². The van der Waals surface area contributed by atoms with Gasteiger partial charge in [0.25, 0.3) is 0 Å². The van der Waals surface area contributed by atoms with Gasteiger partial charge in [-0.1, -0.05) is 41.9 Å². The molecule has 0 aliphatic carbocycles. The van der Waals surface area contributed by atoms with Crippen molar-refractivity contribution in [3.63, 3.8) is 0 Å². The summed E-state index contributed by atoms with van der Waals surface area (Å²) in [6.07, 6.45) is 1.49. The van der Waals surface area contributed by atoms with E-state index in [-0.39, 0.29) is 10.9 Å². The van der Waals surface area contributed by atoms with E-state index < -0.39 is 0 Å². The Labute approximate surface area is 134 Å². The number of pyridine rings is 1. The molecule has 0 atom stereocenters. The smallest absolute Gasteiger partial charge is 0.239 e. The lowest BCUT2D eigenvalue weighted by atomic mass is 10.1. The molecule has 3 aromatic rings. The lowest BCUT2D eigenvalue weighted by Crippen LogP contribution is -1.92. The third-order valence-electron chi connectivity index (χ3n) is 3.01. The summed E-state index contributed by atoms with van der Waals surface area (Å²) >= 11 is 9.64. The monoisotopic (exact) mass is 358 g/mol. The molecule has 21 heavy (non-hydrogen) atoms. The van der Waals surface area contributed by atoms with E-state index in [1.807, 2.05) is 42.5 Å². The van der Waals surface area contributed by atoms with Gasteiger partial charge in [0.15, 0.2) is 0 Å². The maximum atomic E-state index is 8.98. The van der Waals surface area contributed by atoms with Gasteiger partial charge in [0.1, 0.15) is 16.8 Å². The Hall–Kier alpha value is -2.09. The summed E-state index contributed by atoms with van der Waals surface area (Å²) in [4.78, 5) is 4.08. The fourth-order valence-electron chi connectivity index (χ4n) is 1.98. The first-order valence-electron chi connectivity index (χ1n) is 6.10. The highest BCUT2D eigenvalue weighted by molar-refractivity contribution is 9.10. The molecule has 0 unspecified atom stereocenters. The molecule has 0 N–H and O–H groups in total. The van der Waals surface area contributed by atoms with Crippen LogP contribution in [0.4, 0.5) is 0 Å². The molecule has 0 fully saturated rings. The molecule has 1 aromatic heterocycles. The van der Waals surface area contributed by atoms with Crippen molar-refractivity contribution in [2.45, 2.75) is 0 Å². The van der Waals surface area contributed by atoms with Crippen LogP contribution in [0.15, 0.2) is 53.1 Å². The van der Waals surface area contributed by atoms with Gasteiger partial charge in [0, 0.05) is 6.20 Å². The normalized spacial score (nSPS) is 10.3. The standard InChI is InChI=1S/C16H8BrClN2O/c17-14-12-4-2-1-3-10(12)5-6-13(14)21-16-15(18)11(9-19)7-8-20-16/h1-8H. The number of benzene rings is 2. The van der Waals surface area contributed by atoms with E-state index in [0.29, 0.717) is 11.3 Å². The second kappa shape index (κ2) is 5.72. The Balaban J connectivity index is 2.07. The highest BCUT2D eigenvalue weighted by Crippen LogP contribution is 2.37. The van der Waals surface area contributed by atoms with Crippen LogP contribution >= 0.6 is 27.5 Å². The highest BCUT2D eigenvalue weighted by atomic mass is 79.9. The molecule has 0 amide bonds. The van der Waals surface area contributed by atoms with Crippen molar-refractivity contribution in [1.82, 2.24) is 4.98 Å². The van der Waals surface area contributed by atoms with E-state index in [1.54, 1.807) is 6.07 Å². The van der Waals surface area contributed by atoms with E-state index in [4.69, 9.17) is 21.6 Å². The van der Waals surface area contributed by atoms with Crippen LogP contribution < -0.4 is 4.74 Å². The van der Waals surface area contributed by atoms with Crippen molar-refractivity contribution in [1.29, 1.82) is 5.26 Å². The second-order valence-electron chi connectivity index (χ2n) is 4.29. The van der Waals surface area contributed by atoms with Gasteiger partial charge in [-0.05, 0) is 38.8 Å². The number of ether oxygens (including phenoxy) is 1. The van der Waals surface area contributed by atoms with Gasteiger partial charge in [0.05, 0.1) is 10.0 Å². The van der Waals surface area contributed by atoms with Crippen LogP contribution in [0.25, 0.3) is 10.8 Å². The number of hydrogen-bond donors (Lipinski definition) is 0. The maximum Gasteiger partial charge on any atom is 0.239 e. The average Bonchev–Trinajstić information content (AvgIpc) is 2.52. The minimum Gasteiger partial charge on any atom is -0.436 e. The summed E-state index contributed by atoms with van der Waals surface area (Å²) < 4.78 is 6.57. The van der Waals surface area contributed by atoms with E-state index in [1.165, 1.54) is 6.20 Å². The van der Waals surface area contributed by atoms with Crippen LogP contribution in [0.3, 0.4) is 0 Å². The fourth-order valence-corrected chi connectivity index (χ4v) is 2.75. The SMILES string of the molecule is N#Cc1ccnc(Oc2ccc3ccccc3c2Br)c1Cl. The molecule has 3 rings (SSSR count). The van der Waals surface area contributed by atoms with Crippen LogP contribution in [0.5, 0.6) is 11.6 Å². The number of aromatic nitrogens is 1. The predicted octanol–water partition coefficient (Wildman–Crippen LogP) is 5.31. The molecule has 0 aliphatic heterocycles. The topological polar surface area (TPSA) is 45.9 Å². The molecule has 1 heterocycles. The second-order valence-corrected chi connectivity index (χ2v) is 5.46. The van der Waals surface area contributed by atoms with E-state index in [9.17, 15) is 0 Å². The molecular weight excluding hydrogens is 352 g/mol. The fraction of sp³-hybridized carbons (Fsp3) is 0. The molecular formula is C16H8BrClN2O. The summed E-state index contributed by atoms with van der Waals surface area (Å²) in [6, 6.07) is 15.3. The maximum absolute atomic E-state index is 8.98. The largest absolute Gasteiger partial charge is 0.436 e. The minimum absolute atomic E-state index is 0.208. The Morgan fingerprint density at radius 3 is 2.76 bits per heavy atom. The van der Waals surface area contributed by atoms with Crippen molar-refractivity contribution in [2.24, 2.45) is 0 Å². The first kappa shape index (κ1) is 13.9. The average molecular weight is 360 g/mol. The zero-order valence-electron chi connectivity index (χ0n) is 10.7. The number of nitrogens with zero attached hydrogens (tertiary/aromatic N) is 2. The van der Waals surface area contributed by atoms with Crippen LogP contribution in [0.1, 0.15) is 5.56 Å². The molecule has 0 saturated carbocycles. The van der Waals surface area contributed by atoms with Crippen molar-refractivity contribution < 1.29 is 4.74 Å². The number of halogens is 2. The molecule has 0 radical (unpaired) electrons. The summed E-state index contributed by atoms with van der Waals surface area (Å²) in [6.45, 7) is 0. The van der Waals surface area contributed by atoms with Crippen molar-refractivity contribution in [3.05, 3.63) is 63.7 Å². The van der Waals surface area contributed by atoms with E-state index in [2.05, 4.69) is 20.9 Å². The Kier molecular flexibility index (Phi) is 3.78. The van der Waals surface area contributed by atoms with Crippen molar-refractivity contribution in [2.75, 3.05) is 0 Å². The number of nitriles is 1. The van der Waals surface area contributed by atoms with Gasteiger partial charge in [-0.2, -0.15) is 5.26 Å². The third-order valence-corrected chi connectivity index (χ3v) is 4.20. The van der Waals surface area contributed by atoms with Gasteiger partial charge in [0.2, 0.25) is 5.88 Å². The van der Waals surface area contributed by atoms with Gasteiger partial charge in [-0.15, -0.1) is 0 Å². The Morgan fingerprint density at radius 1 is 1.14 bits per heavy atom. The molecule has 2 aromatic carbocycles. The number of hydrogen-bond acceptors (Lipinski definition) is 3. The lowest BCUT2D eigenvalue weighted by molar-refractivity contribution is 0.461. The Bertz CT molecular complexity index is 874. The van der Waals surface area contributed by atoms with Crippen LogP contribution in [0, 0.1) is 11.3 Å². The number of fused-ring (bicyclic) bond motifs is 1. The quantitative estimate of drug-likeness (QED) is 0.622. The predicted molar refractivity (Wildman–Crippen MR) is 85.7 cm³/mol. The van der Waals surface area contributed by atoms with Gasteiger partial charge >= 0.3 is 0 Å². The van der Waals surface area contributed by atoms with Crippen molar-refractivity contribution >= 4 is 38.3 Å². The highest BCUT2D eigenvalue weighted by Gasteiger charge is 2.12. The summed E-state index contributed by atoms with van der Waals surface area (Å²) in [5.41, 5.74) is 0.332. The van der Waals surface area contributed by atoms with Crippen molar-refractivity contribution in [3.8, 4) is 17.7 Å². The Morgan fingerprint density at radius 2 is 1.95 bits per heavy atom. The van der Waals surface area contributed by atoms with Crippen LogP contribution in [-0.4, -0.2) is 4.98 Å².